The molecule has 42 heavy (non-hydrogen) atoms. The number of aromatic nitrogens is 1. The van der Waals surface area contributed by atoms with Crippen molar-refractivity contribution in [3.8, 4) is 0 Å². The molecule has 11 heteroatoms. The standard InChI is InChI=1S/C31H39N5O5S/c1-17(2)30(29(39)36-23(10-12-42-4)28(38)35-11-6-9-25(35)31(36,40)41-30)33-27(37)19-13-21-20-7-5-8-22-26(20)18(15-32-22)14-24(21)34(3)16-19/h5,7-8,13,15,17,19,23-25,32,40H,6,9-12,14,16H2,1-4H3,(H,33,37)/t19-,23+,24-,25+,30-,31+/m1/s1. The van der Waals surface area contributed by atoms with E-state index < -0.39 is 41.5 Å². The van der Waals surface area contributed by atoms with Crippen LogP contribution in [0.4, 0.5) is 0 Å². The third-order valence-electron chi connectivity index (χ3n) is 10.1. The third-order valence-corrected chi connectivity index (χ3v) is 10.7. The molecule has 2 aromatic rings. The maximum Gasteiger partial charge on any atom is 0.281 e. The molecular weight excluding hydrogens is 554 g/mol. The number of benzene rings is 1. The number of hydrogen-bond acceptors (Lipinski definition) is 7. The molecule has 1 aromatic carbocycles. The quantitative estimate of drug-likeness (QED) is 0.470. The second kappa shape index (κ2) is 9.83. The lowest BCUT2D eigenvalue weighted by atomic mass is 9.79. The van der Waals surface area contributed by atoms with Gasteiger partial charge in [0.25, 0.3) is 11.8 Å². The van der Waals surface area contributed by atoms with E-state index in [1.807, 2.05) is 39.3 Å². The van der Waals surface area contributed by atoms with Crippen molar-refractivity contribution in [2.45, 2.75) is 69.3 Å². The summed E-state index contributed by atoms with van der Waals surface area (Å²) in [7, 11) is 2.03. The molecule has 4 aliphatic heterocycles. The highest BCUT2D eigenvalue weighted by Gasteiger charge is 2.71. The van der Waals surface area contributed by atoms with Crippen LogP contribution in [-0.4, -0.2) is 104 Å². The number of amides is 3. The summed E-state index contributed by atoms with van der Waals surface area (Å²) < 4.78 is 6.43. The Labute approximate surface area is 249 Å². The Bertz CT molecular complexity index is 1510. The largest absolute Gasteiger partial charge is 0.361 e. The minimum Gasteiger partial charge on any atom is -0.361 e. The number of hydrogen-bond donors (Lipinski definition) is 3. The van der Waals surface area contributed by atoms with Crippen molar-refractivity contribution in [2.24, 2.45) is 11.8 Å². The zero-order valence-electron chi connectivity index (χ0n) is 24.6. The van der Waals surface area contributed by atoms with Gasteiger partial charge < -0.3 is 20.3 Å². The maximum atomic E-state index is 14.4. The van der Waals surface area contributed by atoms with Gasteiger partial charge in [0.2, 0.25) is 17.5 Å². The minimum absolute atomic E-state index is 0.151. The van der Waals surface area contributed by atoms with E-state index in [2.05, 4.69) is 33.5 Å². The Kier molecular flexibility index (Phi) is 6.54. The van der Waals surface area contributed by atoms with E-state index in [0.29, 0.717) is 31.7 Å². The monoisotopic (exact) mass is 593 g/mol. The summed E-state index contributed by atoms with van der Waals surface area (Å²) >= 11 is 1.58. The lowest BCUT2D eigenvalue weighted by Crippen LogP contribution is -2.71. The summed E-state index contributed by atoms with van der Waals surface area (Å²) in [5, 5.41) is 16.3. The highest BCUT2D eigenvalue weighted by atomic mass is 32.2. The van der Waals surface area contributed by atoms with Gasteiger partial charge in [-0.25, -0.2) is 0 Å². The number of ether oxygens (including phenoxy) is 1. The highest BCUT2D eigenvalue weighted by Crippen LogP contribution is 2.48. The number of aromatic amines is 1. The Morgan fingerprint density at radius 3 is 2.88 bits per heavy atom. The molecule has 5 heterocycles. The number of fused-ring (bicyclic) bond motifs is 5. The van der Waals surface area contributed by atoms with Crippen molar-refractivity contribution >= 4 is 46.0 Å². The first kappa shape index (κ1) is 27.9. The van der Waals surface area contributed by atoms with Gasteiger partial charge in [0.05, 0.1) is 5.92 Å². The number of carbonyl (C=O) groups excluding carboxylic acids is 3. The van der Waals surface area contributed by atoms with Crippen LogP contribution in [0.1, 0.15) is 44.2 Å². The molecule has 0 bridgehead atoms. The molecular formula is C31H39N5O5S. The number of H-pyrrole nitrogens is 1. The number of nitrogens with zero attached hydrogens (tertiary/aromatic N) is 3. The fourth-order valence-electron chi connectivity index (χ4n) is 7.93. The van der Waals surface area contributed by atoms with Crippen LogP contribution >= 0.6 is 11.8 Å². The van der Waals surface area contributed by atoms with E-state index in [-0.39, 0.29) is 17.9 Å². The van der Waals surface area contributed by atoms with Crippen LogP contribution in [0.15, 0.2) is 30.5 Å². The van der Waals surface area contributed by atoms with E-state index in [1.165, 1.54) is 15.8 Å². The summed E-state index contributed by atoms with van der Waals surface area (Å²) in [4.78, 5) is 50.6. The zero-order valence-corrected chi connectivity index (χ0v) is 25.4. The number of rotatable bonds is 6. The molecule has 0 radical (unpaired) electrons. The number of nitrogens with one attached hydrogen (secondary N) is 2. The predicted molar refractivity (Wildman–Crippen MR) is 160 cm³/mol. The smallest absolute Gasteiger partial charge is 0.281 e. The lowest BCUT2D eigenvalue weighted by Gasteiger charge is -2.48. The van der Waals surface area contributed by atoms with Crippen molar-refractivity contribution in [2.75, 3.05) is 32.1 Å². The average molecular weight is 594 g/mol. The fourth-order valence-corrected chi connectivity index (χ4v) is 8.39. The van der Waals surface area contributed by atoms with E-state index in [0.717, 1.165) is 29.5 Å². The molecule has 0 saturated carbocycles. The first-order valence-corrected chi connectivity index (χ1v) is 16.4. The summed E-state index contributed by atoms with van der Waals surface area (Å²) in [6.45, 7) is 4.62. The predicted octanol–water partition coefficient (Wildman–Crippen LogP) is 2.14. The summed E-state index contributed by atoms with van der Waals surface area (Å²) in [6.07, 6.45) is 8.57. The number of thioether (sulfide) groups is 1. The van der Waals surface area contributed by atoms with E-state index in [4.69, 9.17) is 4.74 Å². The molecule has 7 rings (SSSR count). The van der Waals surface area contributed by atoms with Gasteiger partial charge >= 0.3 is 0 Å². The van der Waals surface area contributed by atoms with Gasteiger partial charge in [-0.15, -0.1) is 0 Å². The van der Waals surface area contributed by atoms with E-state index in [9.17, 15) is 19.5 Å². The highest BCUT2D eigenvalue weighted by molar-refractivity contribution is 7.98. The van der Waals surface area contributed by atoms with Crippen molar-refractivity contribution in [1.82, 2.24) is 25.0 Å². The van der Waals surface area contributed by atoms with Crippen molar-refractivity contribution in [3.63, 3.8) is 0 Å². The third kappa shape index (κ3) is 3.79. The molecule has 3 N–H and O–H groups in total. The second-order valence-electron chi connectivity index (χ2n) is 12.7. The topological polar surface area (TPSA) is 118 Å². The molecule has 0 spiro atoms. The lowest BCUT2D eigenvalue weighted by molar-refractivity contribution is -0.321. The minimum atomic E-state index is -2.00. The van der Waals surface area contributed by atoms with Crippen molar-refractivity contribution in [3.05, 3.63) is 41.6 Å². The summed E-state index contributed by atoms with van der Waals surface area (Å²) in [5.41, 5.74) is 2.79. The molecule has 6 atom stereocenters. The molecule has 1 aliphatic carbocycles. The van der Waals surface area contributed by atoms with Gasteiger partial charge in [0.1, 0.15) is 12.1 Å². The molecule has 0 unspecified atom stereocenters. The zero-order chi connectivity index (χ0) is 29.6. The summed E-state index contributed by atoms with van der Waals surface area (Å²) in [5.74, 6) is -3.42. The number of likely N-dealkylation sites (N-methyl/N-ethyl adjacent to an activating group) is 1. The molecule has 3 saturated heterocycles. The number of carbonyl (C=O) groups is 3. The second-order valence-corrected chi connectivity index (χ2v) is 13.7. The van der Waals surface area contributed by atoms with E-state index >= 15 is 0 Å². The van der Waals surface area contributed by atoms with E-state index in [1.54, 1.807) is 16.7 Å². The normalized spacial score (nSPS) is 34.1. The summed E-state index contributed by atoms with van der Waals surface area (Å²) in [6, 6.07) is 4.84. The first-order chi connectivity index (χ1) is 20.1. The van der Waals surface area contributed by atoms with Crippen LogP contribution in [0.2, 0.25) is 0 Å². The van der Waals surface area contributed by atoms with Crippen LogP contribution in [0.3, 0.4) is 0 Å². The van der Waals surface area contributed by atoms with Crippen LogP contribution in [0, 0.1) is 11.8 Å². The van der Waals surface area contributed by atoms with Crippen LogP contribution < -0.4 is 5.32 Å². The molecule has 5 aliphatic rings. The molecule has 3 amide bonds. The van der Waals surface area contributed by atoms with Crippen LogP contribution in [-0.2, 0) is 25.5 Å². The van der Waals surface area contributed by atoms with Gasteiger partial charge in [-0.05, 0) is 67.5 Å². The Morgan fingerprint density at radius 1 is 1.31 bits per heavy atom. The molecule has 224 valence electrons. The van der Waals surface area contributed by atoms with Crippen LogP contribution in [0.25, 0.3) is 16.5 Å². The first-order valence-electron chi connectivity index (χ1n) is 15.0. The molecule has 10 nitrogen and oxygen atoms in total. The Hall–Kier alpha value is -2.86. The van der Waals surface area contributed by atoms with Gasteiger partial charge in [0, 0.05) is 42.1 Å². The van der Waals surface area contributed by atoms with Crippen molar-refractivity contribution < 1.29 is 24.2 Å². The van der Waals surface area contributed by atoms with Gasteiger partial charge in [-0.2, -0.15) is 11.8 Å². The average Bonchev–Trinajstić information content (AvgIpc) is 3.68. The number of piperazine rings is 1. The van der Waals surface area contributed by atoms with Crippen molar-refractivity contribution in [1.29, 1.82) is 0 Å². The van der Waals surface area contributed by atoms with Gasteiger partial charge in [0.15, 0.2) is 0 Å². The molecule has 1 aromatic heterocycles. The maximum absolute atomic E-state index is 14.4. The van der Waals surface area contributed by atoms with Gasteiger partial charge in [-0.1, -0.05) is 32.1 Å². The fraction of sp³-hybridized carbons (Fsp3) is 0.581. The Balaban J connectivity index is 1.24. The Morgan fingerprint density at radius 2 is 2.12 bits per heavy atom. The van der Waals surface area contributed by atoms with Crippen LogP contribution in [0.5, 0.6) is 0 Å². The van der Waals surface area contributed by atoms with Gasteiger partial charge in [-0.3, -0.25) is 28.9 Å². The SMILES string of the molecule is CSCC[C@H]1C(=O)N2CCC[C@H]2[C@]2(O)O[C@](NC(=O)[C@@H]3C=C4c5cccc6[nH]cc(c56)C[C@H]4N(C)C3)(C(C)C)C(=O)N12. The number of aliphatic hydroxyl groups is 1. The molecule has 3 fully saturated rings.